The Morgan fingerprint density at radius 3 is 2.88 bits per heavy atom. The Hall–Kier alpha value is -1.67. The van der Waals surface area contributed by atoms with E-state index in [9.17, 15) is 9.59 Å². The molecule has 0 fully saturated rings. The number of nitrogens with zero attached hydrogens (tertiary/aromatic N) is 1. The number of amides is 2. The van der Waals surface area contributed by atoms with Gasteiger partial charge in [-0.15, -0.1) is 11.3 Å². The monoisotopic (exact) mass is 258 g/mol. The van der Waals surface area contributed by atoms with Crippen LogP contribution in [0.5, 0.6) is 0 Å². The second kappa shape index (κ2) is 6.16. The van der Waals surface area contributed by atoms with E-state index in [4.69, 9.17) is 10.8 Å². The molecule has 0 saturated carbocycles. The van der Waals surface area contributed by atoms with Gasteiger partial charge in [-0.2, -0.15) is 0 Å². The molecule has 94 valence electrons. The van der Waals surface area contributed by atoms with Crippen molar-refractivity contribution < 1.29 is 14.7 Å². The lowest BCUT2D eigenvalue weighted by molar-refractivity contribution is 0.0691. The first-order valence-electron chi connectivity index (χ1n) is 4.97. The van der Waals surface area contributed by atoms with Gasteiger partial charge in [0.2, 0.25) is 0 Å². The van der Waals surface area contributed by atoms with Gasteiger partial charge in [0.15, 0.2) is 5.69 Å². The fourth-order valence-corrected chi connectivity index (χ4v) is 1.88. The minimum atomic E-state index is -1.08. The summed E-state index contributed by atoms with van der Waals surface area (Å²) in [6.07, 6.45) is 0. The number of nitrogens with one attached hydrogen (secondary N) is 2. The molecule has 0 aliphatic rings. The number of rotatable bonds is 5. The first-order valence-corrected chi connectivity index (χ1v) is 5.85. The molecule has 1 aromatic heterocycles. The van der Waals surface area contributed by atoms with Crippen LogP contribution in [0.3, 0.4) is 0 Å². The van der Waals surface area contributed by atoms with Crippen LogP contribution in [0.15, 0.2) is 5.38 Å². The zero-order chi connectivity index (χ0) is 12.8. The first kappa shape index (κ1) is 13.4. The Labute approximate surface area is 102 Å². The fraction of sp³-hybridized carbons (Fsp3) is 0.444. The molecular weight excluding hydrogens is 244 g/mol. The number of carbonyl (C=O) groups excluding carboxylic acids is 1. The lowest BCUT2D eigenvalue weighted by Gasteiger charge is -2.11. The lowest BCUT2D eigenvalue weighted by atomic mass is 10.3. The van der Waals surface area contributed by atoms with Gasteiger partial charge >= 0.3 is 12.0 Å². The number of aromatic carboxylic acids is 1. The van der Waals surface area contributed by atoms with E-state index in [1.54, 1.807) is 6.92 Å². The molecule has 0 aromatic carbocycles. The van der Waals surface area contributed by atoms with Crippen LogP contribution in [0.2, 0.25) is 0 Å². The Morgan fingerprint density at radius 2 is 2.35 bits per heavy atom. The molecule has 5 N–H and O–H groups in total. The quantitative estimate of drug-likeness (QED) is 0.600. The first-order chi connectivity index (χ1) is 8.04. The highest BCUT2D eigenvalue weighted by Gasteiger charge is 2.15. The van der Waals surface area contributed by atoms with Crippen molar-refractivity contribution in [3.63, 3.8) is 0 Å². The zero-order valence-corrected chi connectivity index (χ0v) is 10.1. The highest BCUT2D eigenvalue weighted by atomic mass is 32.1. The molecular formula is C9H14N4O3S. The normalized spacial score (nSPS) is 11.9. The maximum Gasteiger partial charge on any atom is 0.355 e. The molecule has 1 rings (SSSR count). The molecule has 1 atom stereocenters. The highest BCUT2D eigenvalue weighted by Crippen LogP contribution is 2.17. The molecule has 0 bridgehead atoms. The largest absolute Gasteiger partial charge is 0.476 e. The minimum absolute atomic E-state index is 0.0129. The Kier molecular flexibility index (Phi) is 4.85. The van der Waals surface area contributed by atoms with Crippen molar-refractivity contribution in [1.29, 1.82) is 0 Å². The van der Waals surface area contributed by atoms with Gasteiger partial charge in [-0.1, -0.05) is 0 Å². The number of carbonyl (C=O) groups is 2. The maximum absolute atomic E-state index is 11.3. The van der Waals surface area contributed by atoms with E-state index in [2.05, 4.69) is 15.6 Å². The van der Waals surface area contributed by atoms with E-state index < -0.39 is 5.97 Å². The van der Waals surface area contributed by atoms with Crippen LogP contribution >= 0.6 is 11.3 Å². The number of hydrogen-bond donors (Lipinski definition) is 4. The second-order valence-corrected chi connectivity index (χ2v) is 4.18. The zero-order valence-electron chi connectivity index (χ0n) is 9.27. The number of thiazole rings is 1. The van der Waals surface area contributed by atoms with Crippen molar-refractivity contribution in [3.8, 4) is 0 Å². The molecule has 1 heterocycles. The van der Waals surface area contributed by atoms with Crippen molar-refractivity contribution >= 4 is 23.3 Å². The molecule has 0 aliphatic carbocycles. The summed E-state index contributed by atoms with van der Waals surface area (Å²) >= 11 is 1.19. The van der Waals surface area contributed by atoms with E-state index in [1.807, 2.05) is 0 Å². The van der Waals surface area contributed by atoms with Crippen molar-refractivity contribution in [2.75, 3.05) is 13.1 Å². The number of urea groups is 1. The predicted molar refractivity (Wildman–Crippen MR) is 63.1 cm³/mol. The Bertz CT molecular complexity index is 407. The summed E-state index contributed by atoms with van der Waals surface area (Å²) in [4.78, 5) is 25.8. The minimum Gasteiger partial charge on any atom is -0.476 e. The maximum atomic E-state index is 11.3. The third kappa shape index (κ3) is 4.00. The standard InChI is InChI=1S/C9H14N4O3S/c1-5(12-9(16)11-3-2-10)7-13-6(4-17-7)8(14)15/h4-5H,2-3,10H2,1H3,(H,14,15)(H2,11,12,16). The summed E-state index contributed by atoms with van der Waals surface area (Å²) in [5, 5.41) is 15.9. The number of carboxylic acid groups (broad SMARTS) is 1. The summed E-state index contributed by atoms with van der Waals surface area (Å²) in [5.74, 6) is -1.08. The van der Waals surface area contributed by atoms with Gasteiger partial charge in [-0.25, -0.2) is 14.6 Å². The van der Waals surface area contributed by atoms with Crippen LogP contribution in [0.1, 0.15) is 28.5 Å². The van der Waals surface area contributed by atoms with Crippen molar-refractivity contribution in [1.82, 2.24) is 15.6 Å². The second-order valence-electron chi connectivity index (χ2n) is 3.29. The Morgan fingerprint density at radius 1 is 1.65 bits per heavy atom. The molecule has 0 radical (unpaired) electrons. The molecule has 7 nitrogen and oxygen atoms in total. The highest BCUT2D eigenvalue weighted by molar-refractivity contribution is 7.09. The summed E-state index contributed by atoms with van der Waals surface area (Å²) in [5.41, 5.74) is 5.22. The number of aromatic nitrogens is 1. The average molecular weight is 258 g/mol. The van der Waals surface area contributed by atoms with E-state index in [-0.39, 0.29) is 17.8 Å². The molecule has 1 aromatic rings. The van der Waals surface area contributed by atoms with Gasteiger partial charge in [0, 0.05) is 18.5 Å². The van der Waals surface area contributed by atoms with E-state index in [1.165, 1.54) is 16.7 Å². The van der Waals surface area contributed by atoms with Crippen LogP contribution in [0.4, 0.5) is 4.79 Å². The molecule has 0 spiro atoms. The van der Waals surface area contributed by atoms with E-state index in [0.717, 1.165) is 0 Å². The summed E-state index contributed by atoms with van der Waals surface area (Å²) in [6, 6.07) is -0.694. The molecule has 17 heavy (non-hydrogen) atoms. The van der Waals surface area contributed by atoms with Gasteiger partial charge in [0.1, 0.15) is 5.01 Å². The molecule has 0 saturated heterocycles. The van der Waals surface area contributed by atoms with E-state index in [0.29, 0.717) is 18.1 Å². The van der Waals surface area contributed by atoms with Crippen molar-refractivity contribution in [2.24, 2.45) is 5.73 Å². The average Bonchev–Trinajstić information content (AvgIpc) is 2.75. The molecule has 8 heteroatoms. The Balaban J connectivity index is 2.54. The number of hydrogen-bond acceptors (Lipinski definition) is 5. The van der Waals surface area contributed by atoms with Crippen LogP contribution < -0.4 is 16.4 Å². The molecule has 2 amide bonds. The van der Waals surface area contributed by atoms with Gasteiger partial charge in [-0.05, 0) is 6.92 Å². The SMILES string of the molecule is CC(NC(=O)NCCN)c1nc(C(=O)O)cs1. The predicted octanol–water partition coefficient (Wildman–Crippen LogP) is 0.160. The van der Waals surface area contributed by atoms with Gasteiger partial charge in [0.05, 0.1) is 6.04 Å². The van der Waals surface area contributed by atoms with Crippen LogP contribution in [-0.2, 0) is 0 Å². The van der Waals surface area contributed by atoms with Gasteiger partial charge in [0.25, 0.3) is 0 Å². The van der Waals surface area contributed by atoms with Crippen molar-refractivity contribution in [3.05, 3.63) is 16.1 Å². The number of nitrogens with two attached hydrogens (primary N) is 1. The topological polar surface area (TPSA) is 117 Å². The van der Waals surface area contributed by atoms with Crippen molar-refractivity contribution in [2.45, 2.75) is 13.0 Å². The smallest absolute Gasteiger partial charge is 0.355 e. The molecule has 1 unspecified atom stereocenters. The van der Waals surface area contributed by atoms with Gasteiger partial charge in [-0.3, -0.25) is 0 Å². The molecule has 0 aliphatic heterocycles. The third-order valence-electron chi connectivity index (χ3n) is 1.89. The van der Waals surface area contributed by atoms with E-state index >= 15 is 0 Å². The number of carboxylic acids is 1. The lowest BCUT2D eigenvalue weighted by Crippen LogP contribution is -2.39. The van der Waals surface area contributed by atoms with Crippen LogP contribution in [0, 0.1) is 0 Å². The third-order valence-corrected chi connectivity index (χ3v) is 2.92. The summed E-state index contributed by atoms with van der Waals surface area (Å²) < 4.78 is 0. The fourth-order valence-electron chi connectivity index (χ4n) is 1.08. The van der Waals surface area contributed by atoms with Crippen LogP contribution in [-0.4, -0.2) is 35.2 Å². The van der Waals surface area contributed by atoms with Crippen LogP contribution in [0.25, 0.3) is 0 Å². The van der Waals surface area contributed by atoms with Gasteiger partial charge < -0.3 is 21.5 Å². The summed E-state index contributed by atoms with van der Waals surface area (Å²) in [6.45, 7) is 2.48. The summed E-state index contributed by atoms with van der Waals surface area (Å²) in [7, 11) is 0.